The summed E-state index contributed by atoms with van der Waals surface area (Å²) in [4.78, 5) is 5.00. The molecule has 0 spiro atoms. The molecule has 1 saturated heterocycles. The maximum Gasteiger partial charge on any atom is 0.0662 e. The van der Waals surface area contributed by atoms with Gasteiger partial charge < -0.3 is 4.90 Å². The second-order valence-corrected chi connectivity index (χ2v) is 6.04. The van der Waals surface area contributed by atoms with Gasteiger partial charge in [-0.05, 0) is 31.2 Å². The number of nitrogens with zero attached hydrogens (tertiary/aromatic N) is 4. The maximum atomic E-state index is 4.32. The van der Waals surface area contributed by atoms with Gasteiger partial charge in [0.05, 0.1) is 6.54 Å². The van der Waals surface area contributed by atoms with Crippen molar-refractivity contribution in [2.45, 2.75) is 26.1 Å². The minimum atomic E-state index is 0.636. The molecule has 21 heavy (non-hydrogen) atoms. The molecule has 1 aliphatic rings. The van der Waals surface area contributed by atoms with Gasteiger partial charge in [0.25, 0.3) is 0 Å². The summed E-state index contributed by atoms with van der Waals surface area (Å²) in [5, 5.41) is 4.32. The van der Waals surface area contributed by atoms with Crippen molar-refractivity contribution in [2.75, 3.05) is 26.7 Å². The van der Waals surface area contributed by atoms with Crippen LogP contribution in [0.25, 0.3) is 0 Å². The molecular weight excluding hydrogens is 260 g/mol. The first-order valence-corrected chi connectivity index (χ1v) is 7.69. The first-order valence-electron chi connectivity index (χ1n) is 7.69. The van der Waals surface area contributed by atoms with E-state index in [1.54, 1.807) is 0 Å². The van der Waals surface area contributed by atoms with Gasteiger partial charge >= 0.3 is 0 Å². The third-order valence-electron chi connectivity index (χ3n) is 4.45. The van der Waals surface area contributed by atoms with Gasteiger partial charge in [-0.15, -0.1) is 0 Å². The Bertz CT molecular complexity index is 564. The van der Waals surface area contributed by atoms with E-state index in [9.17, 15) is 0 Å². The average Bonchev–Trinajstić information content (AvgIpc) is 2.98. The molecular formula is C17H24N4. The first kappa shape index (κ1) is 14.3. The van der Waals surface area contributed by atoms with E-state index in [0.717, 1.165) is 32.7 Å². The highest BCUT2D eigenvalue weighted by Crippen LogP contribution is 2.16. The van der Waals surface area contributed by atoms with E-state index in [4.69, 9.17) is 0 Å². The predicted octanol–water partition coefficient (Wildman–Crippen LogP) is 2.07. The van der Waals surface area contributed by atoms with E-state index >= 15 is 0 Å². The zero-order valence-electron chi connectivity index (χ0n) is 12.9. The summed E-state index contributed by atoms with van der Waals surface area (Å²) in [7, 11) is 2.22. The number of aromatic nitrogens is 2. The molecule has 4 heteroatoms. The molecule has 0 N–H and O–H groups in total. The van der Waals surface area contributed by atoms with Crippen LogP contribution in [0.1, 0.15) is 18.1 Å². The molecule has 0 bridgehead atoms. The van der Waals surface area contributed by atoms with Gasteiger partial charge in [-0.3, -0.25) is 9.58 Å². The molecule has 2 heterocycles. The van der Waals surface area contributed by atoms with E-state index in [1.165, 1.54) is 11.1 Å². The van der Waals surface area contributed by atoms with Crippen molar-refractivity contribution in [1.29, 1.82) is 0 Å². The normalized spacial score (nSPS) is 20.8. The van der Waals surface area contributed by atoms with Crippen molar-refractivity contribution < 1.29 is 0 Å². The summed E-state index contributed by atoms with van der Waals surface area (Å²) in [6, 6.07) is 11.3. The summed E-state index contributed by atoms with van der Waals surface area (Å²) in [5.74, 6) is 0. The Morgan fingerprint density at radius 1 is 1.10 bits per heavy atom. The molecule has 1 fully saturated rings. The molecule has 0 aliphatic carbocycles. The Hall–Kier alpha value is -1.65. The number of hydrogen-bond donors (Lipinski definition) is 0. The molecule has 0 saturated carbocycles. The summed E-state index contributed by atoms with van der Waals surface area (Å²) in [5.41, 5.74) is 2.79. The topological polar surface area (TPSA) is 24.3 Å². The molecule has 3 rings (SSSR count). The second kappa shape index (κ2) is 6.41. The van der Waals surface area contributed by atoms with Crippen LogP contribution in [-0.2, 0) is 13.1 Å². The molecule has 1 aromatic heterocycles. The summed E-state index contributed by atoms with van der Waals surface area (Å²) < 4.78 is 1.99. The molecule has 4 nitrogen and oxygen atoms in total. The highest BCUT2D eigenvalue weighted by atomic mass is 15.3. The molecule has 0 radical (unpaired) electrons. The van der Waals surface area contributed by atoms with Gasteiger partial charge in [0.2, 0.25) is 0 Å². The SMILES string of the molecule is C[C@H]1CN(Cc2ccccc2Cn2cccn2)CCN1C. The Kier molecular flexibility index (Phi) is 4.36. The lowest BCUT2D eigenvalue weighted by Gasteiger charge is -2.38. The standard InChI is InChI=1S/C17H24N4/c1-15-12-20(11-10-19(15)2)13-16-6-3-4-7-17(16)14-21-9-5-8-18-21/h3-9,15H,10-14H2,1-2H3/t15-/m0/s1. The van der Waals surface area contributed by atoms with Crippen LogP contribution in [0.5, 0.6) is 0 Å². The Labute approximate surface area is 127 Å². The lowest BCUT2D eigenvalue weighted by molar-refractivity contribution is 0.0997. The Morgan fingerprint density at radius 3 is 2.52 bits per heavy atom. The minimum Gasteiger partial charge on any atom is -0.301 e. The van der Waals surface area contributed by atoms with Gasteiger partial charge in [0.15, 0.2) is 0 Å². The van der Waals surface area contributed by atoms with Crippen molar-refractivity contribution in [2.24, 2.45) is 0 Å². The molecule has 1 aromatic carbocycles. The van der Waals surface area contributed by atoms with Crippen LogP contribution in [0, 0.1) is 0 Å². The van der Waals surface area contributed by atoms with Crippen molar-refractivity contribution in [1.82, 2.24) is 19.6 Å². The smallest absolute Gasteiger partial charge is 0.0662 e. The first-order chi connectivity index (χ1) is 10.2. The number of benzene rings is 1. The van der Waals surface area contributed by atoms with Gasteiger partial charge in [0, 0.05) is 44.6 Å². The fraction of sp³-hybridized carbons (Fsp3) is 0.471. The van der Waals surface area contributed by atoms with Crippen molar-refractivity contribution in [3.63, 3.8) is 0 Å². The van der Waals surface area contributed by atoms with E-state index in [1.807, 2.05) is 23.1 Å². The third-order valence-corrected chi connectivity index (χ3v) is 4.45. The van der Waals surface area contributed by atoms with E-state index in [0.29, 0.717) is 6.04 Å². The molecule has 1 aliphatic heterocycles. The minimum absolute atomic E-state index is 0.636. The lowest BCUT2D eigenvalue weighted by Crippen LogP contribution is -2.49. The largest absolute Gasteiger partial charge is 0.301 e. The fourth-order valence-corrected chi connectivity index (χ4v) is 2.94. The van der Waals surface area contributed by atoms with Crippen LogP contribution >= 0.6 is 0 Å². The molecule has 0 unspecified atom stereocenters. The van der Waals surface area contributed by atoms with E-state index in [2.05, 4.69) is 53.1 Å². The van der Waals surface area contributed by atoms with Crippen molar-refractivity contribution in [3.8, 4) is 0 Å². The van der Waals surface area contributed by atoms with Crippen molar-refractivity contribution >= 4 is 0 Å². The predicted molar refractivity (Wildman–Crippen MR) is 85.1 cm³/mol. The van der Waals surface area contributed by atoms with Gasteiger partial charge in [-0.1, -0.05) is 24.3 Å². The van der Waals surface area contributed by atoms with E-state index < -0.39 is 0 Å². The zero-order valence-corrected chi connectivity index (χ0v) is 12.9. The third kappa shape index (κ3) is 3.52. The Morgan fingerprint density at radius 2 is 1.86 bits per heavy atom. The lowest BCUT2D eigenvalue weighted by atomic mass is 10.1. The monoisotopic (exact) mass is 284 g/mol. The van der Waals surface area contributed by atoms with Gasteiger partial charge in [-0.25, -0.2) is 0 Å². The molecule has 0 amide bonds. The van der Waals surface area contributed by atoms with Crippen LogP contribution in [0.4, 0.5) is 0 Å². The summed E-state index contributed by atoms with van der Waals surface area (Å²) >= 11 is 0. The number of rotatable bonds is 4. The number of hydrogen-bond acceptors (Lipinski definition) is 3. The van der Waals surface area contributed by atoms with Crippen LogP contribution in [0.15, 0.2) is 42.7 Å². The van der Waals surface area contributed by atoms with Crippen LogP contribution in [-0.4, -0.2) is 52.3 Å². The summed E-state index contributed by atoms with van der Waals surface area (Å²) in [6.45, 7) is 7.65. The number of piperazine rings is 1. The molecule has 1 atom stereocenters. The number of likely N-dealkylation sites (N-methyl/N-ethyl adjacent to an activating group) is 1. The van der Waals surface area contributed by atoms with Crippen LogP contribution in [0.3, 0.4) is 0 Å². The van der Waals surface area contributed by atoms with Gasteiger partial charge in [0.1, 0.15) is 0 Å². The average molecular weight is 284 g/mol. The second-order valence-electron chi connectivity index (χ2n) is 6.04. The van der Waals surface area contributed by atoms with Crippen molar-refractivity contribution in [3.05, 3.63) is 53.9 Å². The van der Waals surface area contributed by atoms with Gasteiger partial charge in [-0.2, -0.15) is 5.10 Å². The zero-order chi connectivity index (χ0) is 14.7. The highest BCUT2D eigenvalue weighted by Gasteiger charge is 2.21. The van der Waals surface area contributed by atoms with Crippen LogP contribution < -0.4 is 0 Å². The maximum absolute atomic E-state index is 4.32. The van der Waals surface area contributed by atoms with Crippen LogP contribution in [0.2, 0.25) is 0 Å². The van der Waals surface area contributed by atoms with E-state index in [-0.39, 0.29) is 0 Å². The summed E-state index contributed by atoms with van der Waals surface area (Å²) in [6.07, 6.45) is 3.86. The molecule has 112 valence electrons. The quantitative estimate of drug-likeness (QED) is 0.859. The fourth-order valence-electron chi connectivity index (χ4n) is 2.94. The Balaban J connectivity index is 1.70. The highest BCUT2D eigenvalue weighted by molar-refractivity contribution is 5.27. The molecule has 2 aromatic rings.